The van der Waals surface area contributed by atoms with Gasteiger partial charge in [-0.05, 0) is 19.1 Å². The maximum Gasteiger partial charge on any atom is 0.225 e. The SMILES string of the molecule is Cc1oc2ccccc2c1CN=C(N)N1CCN(c2ncccn2)CC1.I. The lowest BCUT2D eigenvalue weighted by molar-refractivity contribution is 0.378. The molecule has 0 unspecified atom stereocenters. The second kappa shape index (κ2) is 8.55. The molecule has 2 aromatic heterocycles. The molecular formula is C19H23IN6O. The Morgan fingerprint density at radius 1 is 1.11 bits per heavy atom. The molecular weight excluding hydrogens is 455 g/mol. The van der Waals surface area contributed by atoms with E-state index >= 15 is 0 Å². The fraction of sp³-hybridized carbons (Fsp3) is 0.316. The molecule has 0 aliphatic carbocycles. The number of piperazine rings is 1. The highest BCUT2D eigenvalue weighted by Crippen LogP contribution is 2.25. The molecule has 0 atom stereocenters. The van der Waals surface area contributed by atoms with Gasteiger partial charge in [0.25, 0.3) is 0 Å². The number of nitrogens with two attached hydrogens (primary N) is 1. The van der Waals surface area contributed by atoms with Crippen LogP contribution in [0.2, 0.25) is 0 Å². The number of halogens is 1. The van der Waals surface area contributed by atoms with Gasteiger partial charge in [-0.2, -0.15) is 0 Å². The van der Waals surface area contributed by atoms with Crippen molar-refractivity contribution in [3.8, 4) is 0 Å². The minimum atomic E-state index is 0. The molecule has 0 bridgehead atoms. The first-order valence-electron chi connectivity index (χ1n) is 8.76. The Kier molecular flexibility index (Phi) is 6.15. The molecule has 3 aromatic rings. The van der Waals surface area contributed by atoms with Gasteiger partial charge in [0, 0.05) is 49.5 Å². The number of furan rings is 1. The maximum absolute atomic E-state index is 6.24. The predicted molar refractivity (Wildman–Crippen MR) is 118 cm³/mol. The van der Waals surface area contributed by atoms with Crippen molar-refractivity contribution >= 4 is 46.9 Å². The highest BCUT2D eigenvalue weighted by atomic mass is 127. The van der Waals surface area contributed by atoms with Gasteiger partial charge >= 0.3 is 0 Å². The first kappa shape index (κ1) is 19.4. The molecule has 0 spiro atoms. The summed E-state index contributed by atoms with van der Waals surface area (Å²) >= 11 is 0. The Morgan fingerprint density at radius 2 is 1.81 bits per heavy atom. The zero-order chi connectivity index (χ0) is 17.9. The largest absolute Gasteiger partial charge is 0.461 e. The predicted octanol–water partition coefficient (Wildman–Crippen LogP) is 2.79. The van der Waals surface area contributed by atoms with Crippen molar-refractivity contribution in [3.05, 3.63) is 54.0 Å². The van der Waals surface area contributed by atoms with E-state index < -0.39 is 0 Å². The Labute approximate surface area is 175 Å². The van der Waals surface area contributed by atoms with Gasteiger partial charge in [0.1, 0.15) is 11.3 Å². The number of hydrogen-bond acceptors (Lipinski definition) is 5. The molecule has 1 saturated heterocycles. The van der Waals surface area contributed by atoms with E-state index in [4.69, 9.17) is 10.2 Å². The van der Waals surface area contributed by atoms with Crippen LogP contribution in [0, 0.1) is 6.92 Å². The monoisotopic (exact) mass is 478 g/mol. The van der Waals surface area contributed by atoms with E-state index in [1.54, 1.807) is 12.4 Å². The summed E-state index contributed by atoms with van der Waals surface area (Å²) < 4.78 is 5.80. The fourth-order valence-electron chi connectivity index (χ4n) is 3.27. The lowest BCUT2D eigenvalue weighted by Crippen LogP contribution is -2.51. The molecule has 27 heavy (non-hydrogen) atoms. The van der Waals surface area contributed by atoms with E-state index in [0.29, 0.717) is 12.5 Å². The van der Waals surface area contributed by atoms with E-state index in [1.807, 2.05) is 31.2 Å². The van der Waals surface area contributed by atoms with Crippen molar-refractivity contribution in [2.45, 2.75) is 13.5 Å². The highest BCUT2D eigenvalue weighted by Gasteiger charge is 2.20. The van der Waals surface area contributed by atoms with Gasteiger partial charge in [0.05, 0.1) is 6.54 Å². The molecule has 1 fully saturated rings. The Hall–Kier alpha value is -2.36. The van der Waals surface area contributed by atoms with Crippen LogP contribution in [-0.4, -0.2) is 47.0 Å². The molecule has 3 heterocycles. The van der Waals surface area contributed by atoms with E-state index in [1.165, 1.54) is 0 Å². The van der Waals surface area contributed by atoms with Crippen LogP contribution < -0.4 is 10.6 Å². The zero-order valence-electron chi connectivity index (χ0n) is 15.2. The summed E-state index contributed by atoms with van der Waals surface area (Å²) in [4.78, 5) is 17.5. The molecule has 0 radical (unpaired) electrons. The third-order valence-electron chi connectivity index (χ3n) is 4.74. The molecule has 4 rings (SSSR count). The number of benzene rings is 1. The first-order chi connectivity index (χ1) is 12.7. The Balaban J connectivity index is 0.00000210. The van der Waals surface area contributed by atoms with Crippen LogP contribution in [-0.2, 0) is 6.54 Å². The smallest absolute Gasteiger partial charge is 0.225 e. The molecule has 1 aromatic carbocycles. The van der Waals surface area contributed by atoms with Gasteiger partial charge < -0.3 is 20.0 Å². The molecule has 142 valence electrons. The van der Waals surface area contributed by atoms with E-state index in [2.05, 4.69) is 30.8 Å². The lowest BCUT2D eigenvalue weighted by atomic mass is 10.1. The quantitative estimate of drug-likeness (QED) is 0.354. The fourth-order valence-corrected chi connectivity index (χ4v) is 3.27. The second-order valence-corrected chi connectivity index (χ2v) is 6.33. The van der Waals surface area contributed by atoms with Gasteiger partial charge in [0.2, 0.25) is 5.95 Å². The first-order valence-corrected chi connectivity index (χ1v) is 8.76. The third kappa shape index (κ3) is 4.15. The van der Waals surface area contributed by atoms with Crippen LogP contribution in [0.25, 0.3) is 11.0 Å². The lowest BCUT2D eigenvalue weighted by Gasteiger charge is -2.35. The second-order valence-electron chi connectivity index (χ2n) is 6.33. The maximum atomic E-state index is 6.24. The van der Waals surface area contributed by atoms with Crippen LogP contribution in [0.1, 0.15) is 11.3 Å². The molecule has 0 saturated carbocycles. The van der Waals surface area contributed by atoms with Crippen molar-refractivity contribution in [1.29, 1.82) is 0 Å². The van der Waals surface area contributed by atoms with E-state index in [0.717, 1.165) is 54.4 Å². The van der Waals surface area contributed by atoms with Crippen molar-refractivity contribution in [1.82, 2.24) is 14.9 Å². The number of aryl methyl sites for hydroxylation is 1. The van der Waals surface area contributed by atoms with Gasteiger partial charge in [-0.25, -0.2) is 15.0 Å². The van der Waals surface area contributed by atoms with E-state index in [-0.39, 0.29) is 24.0 Å². The van der Waals surface area contributed by atoms with Crippen molar-refractivity contribution in [2.24, 2.45) is 10.7 Å². The topological polar surface area (TPSA) is 83.8 Å². The molecule has 8 heteroatoms. The number of aromatic nitrogens is 2. The molecule has 1 aliphatic rings. The summed E-state index contributed by atoms with van der Waals surface area (Å²) in [6, 6.07) is 9.85. The summed E-state index contributed by atoms with van der Waals surface area (Å²) in [5.41, 5.74) is 8.23. The standard InChI is InChI=1S/C19H22N6O.HI/c1-14-16(15-5-2-3-6-17(15)26-14)13-23-18(20)24-9-11-25(12-10-24)19-21-7-4-8-22-19;/h2-8H,9-13H2,1H3,(H2,20,23);1H. The van der Waals surface area contributed by atoms with Crippen LogP contribution in [0.5, 0.6) is 0 Å². The van der Waals surface area contributed by atoms with Crippen LogP contribution in [0.3, 0.4) is 0 Å². The minimum Gasteiger partial charge on any atom is -0.461 e. The number of guanidine groups is 1. The average molecular weight is 478 g/mol. The average Bonchev–Trinajstić information content (AvgIpc) is 3.02. The highest BCUT2D eigenvalue weighted by molar-refractivity contribution is 14.0. The zero-order valence-corrected chi connectivity index (χ0v) is 17.5. The van der Waals surface area contributed by atoms with Crippen molar-refractivity contribution in [3.63, 3.8) is 0 Å². The normalized spacial score (nSPS) is 15.1. The molecule has 0 amide bonds. The number of nitrogens with zero attached hydrogens (tertiary/aromatic N) is 5. The Morgan fingerprint density at radius 3 is 2.56 bits per heavy atom. The van der Waals surface area contributed by atoms with Gasteiger partial charge in [-0.1, -0.05) is 18.2 Å². The number of anilines is 1. The number of rotatable bonds is 3. The molecule has 7 nitrogen and oxygen atoms in total. The number of aliphatic imine (C=N–C) groups is 1. The summed E-state index contributed by atoms with van der Waals surface area (Å²) in [7, 11) is 0. The van der Waals surface area contributed by atoms with Crippen LogP contribution >= 0.6 is 24.0 Å². The van der Waals surface area contributed by atoms with Gasteiger partial charge in [-0.3, -0.25) is 0 Å². The summed E-state index contributed by atoms with van der Waals surface area (Å²) in [5.74, 6) is 2.24. The summed E-state index contributed by atoms with van der Waals surface area (Å²) in [6.07, 6.45) is 3.53. The molecule has 1 aliphatic heterocycles. The Bertz CT molecular complexity index is 918. The van der Waals surface area contributed by atoms with Crippen molar-refractivity contribution in [2.75, 3.05) is 31.1 Å². The van der Waals surface area contributed by atoms with Crippen molar-refractivity contribution < 1.29 is 4.42 Å². The minimum absolute atomic E-state index is 0. The number of hydrogen-bond donors (Lipinski definition) is 1. The number of fused-ring (bicyclic) bond motifs is 1. The number of para-hydroxylation sites is 1. The van der Waals surface area contributed by atoms with Gasteiger partial charge in [0.15, 0.2) is 5.96 Å². The van der Waals surface area contributed by atoms with E-state index in [9.17, 15) is 0 Å². The van der Waals surface area contributed by atoms with Gasteiger partial charge in [-0.15, -0.1) is 24.0 Å². The van der Waals surface area contributed by atoms with Crippen LogP contribution in [0.4, 0.5) is 5.95 Å². The molecule has 2 N–H and O–H groups in total. The summed E-state index contributed by atoms with van der Waals surface area (Å²) in [6.45, 7) is 5.76. The summed E-state index contributed by atoms with van der Waals surface area (Å²) in [5, 5.41) is 1.10. The third-order valence-corrected chi connectivity index (χ3v) is 4.74. The van der Waals surface area contributed by atoms with Crippen LogP contribution in [0.15, 0.2) is 52.1 Å².